The number of nitrogens with one attached hydrogen (secondary N) is 1. The Labute approximate surface area is 170 Å². The van der Waals surface area contributed by atoms with E-state index in [4.69, 9.17) is 9.15 Å². The number of ether oxygens (including phenoxy) is 1. The van der Waals surface area contributed by atoms with Crippen molar-refractivity contribution in [2.75, 3.05) is 27.2 Å². The van der Waals surface area contributed by atoms with Crippen LogP contribution in [0.15, 0.2) is 63.8 Å². The lowest BCUT2D eigenvalue weighted by atomic mass is 10.0. The number of rotatable bonds is 8. The maximum absolute atomic E-state index is 12.3. The topological polar surface area (TPSA) is 71.8 Å². The van der Waals surface area contributed by atoms with Crippen LogP contribution in [0.1, 0.15) is 24.1 Å². The van der Waals surface area contributed by atoms with Crippen LogP contribution in [0, 0.1) is 0 Å². The van der Waals surface area contributed by atoms with Gasteiger partial charge in [-0.1, -0.05) is 31.2 Å². The molecule has 1 amide bonds. The number of carbonyl (C=O) groups excluding carboxylic acids is 1. The average Bonchev–Trinajstić information content (AvgIpc) is 2.72. The fourth-order valence-electron chi connectivity index (χ4n) is 3.12. The van der Waals surface area contributed by atoms with Gasteiger partial charge in [0.1, 0.15) is 11.3 Å². The molecule has 0 saturated heterocycles. The Morgan fingerprint density at radius 3 is 2.52 bits per heavy atom. The lowest BCUT2D eigenvalue weighted by molar-refractivity contribution is -0.123. The van der Waals surface area contributed by atoms with Gasteiger partial charge in [-0.15, -0.1) is 0 Å². The monoisotopic (exact) mass is 394 g/mol. The molecule has 3 aromatic rings. The Bertz CT molecular complexity index is 1020. The van der Waals surface area contributed by atoms with Crippen LogP contribution in [0.25, 0.3) is 11.0 Å². The number of fused-ring (bicyclic) bond motifs is 1. The van der Waals surface area contributed by atoms with Gasteiger partial charge in [0.25, 0.3) is 5.91 Å². The molecule has 1 unspecified atom stereocenters. The van der Waals surface area contributed by atoms with Gasteiger partial charge in [-0.05, 0) is 49.8 Å². The molecule has 0 aliphatic rings. The van der Waals surface area contributed by atoms with Crippen molar-refractivity contribution in [2.24, 2.45) is 0 Å². The van der Waals surface area contributed by atoms with Crippen molar-refractivity contribution in [3.05, 3.63) is 76.1 Å². The van der Waals surface area contributed by atoms with Crippen LogP contribution in [0.5, 0.6) is 5.75 Å². The van der Waals surface area contributed by atoms with E-state index < -0.39 is 5.63 Å². The molecule has 1 N–H and O–H groups in total. The number of benzene rings is 2. The molecule has 6 heteroatoms. The third kappa shape index (κ3) is 5.45. The molecule has 6 nitrogen and oxygen atoms in total. The minimum atomic E-state index is -0.422. The molecule has 0 saturated carbocycles. The Kier molecular flexibility index (Phi) is 6.67. The Balaban J connectivity index is 1.57. The highest BCUT2D eigenvalue weighted by Gasteiger charge is 2.15. The first-order valence-corrected chi connectivity index (χ1v) is 9.65. The molecule has 2 aromatic carbocycles. The van der Waals surface area contributed by atoms with Crippen molar-refractivity contribution in [1.29, 1.82) is 0 Å². The van der Waals surface area contributed by atoms with Crippen LogP contribution in [-0.4, -0.2) is 38.1 Å². The van der Waals surface area contributed by atoms with E-state index in [1.807, 2.05) is 14.1 Å². The summed E-state index contributed by atoms with van der Waals surface area (Å²) in [5, 5.41) is 3.72. The summed E-state index contributed by atoms with van der Waals surface area (Å²) in [5.74, 6) is 0.262. The second-order valence-electron chi connectivity index (χ2n) is 7.12. The van der Waals surface area contributed by atoms with Gasteiger partial charge in [-0.25, -0.2) is 4.79 Å². The SMILES string of the molecule is CCc1ccc(C(CNC(=O)COc2ccc3ccc(=O)oc3c2)N(C)C)cc1. The number of hydrogen-bond donors (Lipinski definition) is 1. The highest BCUT2D eigenvalue weighted by atomic mass is 16.5. The lowest BCUT2D eigenvalue weighted by Gasteiger charge is -2.25. The van der Waals surface area contributed by atoms with E-state index >= 15 is 0 Å². The number of likely N-dealkylation sites (N-methyl/N-ethyl adjacent to an activating group) is 1. The van der Waals surface area contributed by atoms with E-state index in [1.165, 1.54) is 11.6 Å². The van der Waals surface area contributed by atoms with Crippen LogP contribution in [0.2, 0.25) is 0 Å². The van der Waals surface area contributed by atoms with Crippen molar-refractivity contribution in [3.8, 4) is 5.75 Å². The summed E-state index contributed by atoms with van der Waals surface area (Å²) in [4.78, 5) is 25.7. The number of aryl methyl sites for hydroxylation is 1. The van der Waals surface area contributed by atoms with E-state index in [1.54, 1.807) is 24.3 Å². The summed E-state index contributed by atoms with van der Waals surface area (Å²) >= 11 is 0. The molecule has 152 valence electrons. The minimum absolute atomic E-state index is 0.0693. The van der Waals surface area contributed by atoms with Gasteiger partial charge >= 0.3 is 5.63 Å². The van der Waals surface area contributed by atoms with Crippen LogP contribution >= 0.6 is 0 Å². The predicted molar refractivity (Wildman–Crippen MR) is 113 cm³/mol. The van der Waals surface area contributed by atoms with Crippen molar-refractivity contribution in [3.63, 3.8) is 0 Å². The number of carbonyl (C=O) groups is 1. The number of amides is 1. The number of nitrogens with zero attached hydrogens (tertiary/aromatic N) is 1. The van der Waals surface area contributed by atoms with Gasteiger partial charge in [0, 0.05) is 24.1 Å². The summed E-state index contributed by atoms with van der Waals surface area (Å²) in [7, 11) is 3.98. The predicted octanol–water partition coefficient (Wildman–Crippen LogP) is 3.15. The standard InChI is InChI=1S/C23H26N2O4/c1-4-16-5-7-17(8-6-16)20(25(2)3)14-24-22(26)15-28-19-11-9-18-10-12-23(27)29-21(18)13-19/h5-13,20H,4,14-15H2,1-3H3,(H,24,26). The van der Waals surface area contributed by atoms with Gasteiger partial charge in [0.05, 0.1) is 6.04 Å². The second-order valence-corrected chi connectivity index (χ2v) is 7.12. The van der Waals surface area contributed by atoms with Crippen molar-refractivity contribution >= 4 is 16.9 Å². The summed E-state index contributed by atoms with van der Waals surface area (Å²) in [5.41, 5.74) is 2.44. The molecule has 0 bridgehead atoms. The summed E-state index contributed by atoms with van der Waals surface area (Å²) < 4.78 is 10.7. The van der Waals surface area contributed by atoms with Crippen molar-refractivity contribution in [2.45, 2.75) is 19.4 Å². The zero-order valence-electron chi connectivity index (χ0n) is 17.0. The fourth-order valence-corrected chi connectivity index (χ4v) is 3.12. The molecule has 0 aliphatic carbocycles. The maximum atomic E-state index is 12.3. The van der Waals surface area contributed by atoms with E-state index in [-0.39, 0.29) is 18.6 Å². The third-order valence-corrected chi connectivity index (χ3v) is 4.85. The molecule has 1 heterocycles. The molecular formula is C23H26N2O4. The molecule has 0 spiro atoms. The zero-order chi connectivity index (χ0) is 20.8. The minimum Gasteiger partial charge on any atom is -0.484 e. The van der Waals surface area contributed by atoms with Gasteiger partial charge in [-0.2, -0.15) is 0 Å². The van der Waals surface area contributed by atoms with Crippen LogP contribution in [-0.2, 0) is 11.2 Å². The van der Waals surface area contributed by atoms with Crippen LogP contribution < -0.4 is 15.7 Å². The van der Waals surface area contributed by atoms with Crippen LogP contribution in [0.3, 0.4) is 0 Å². The van der Waals surface area contributed by atoms with Crippen molar-refractivity contribution < 1.29 is 13.9 Å². The first-order chi connectivity index (χ1) is 14.0. The summed E-state index contributed by atoms with van der Waals surface area (Å²) in [6, 6.07) is 16.7. The Morgan fingerprint density at radius 1 is 1.10 bits per heavy atom. The summed E-state index contributed by atoms with van der Waals surface area (Å²) in [6.45, 7) is 2.49. The third-order valence-electron chi connectivity index (χ3n) is 4.85. The van der Waals surface area contributed by atoms with Gasteiger partial charge in [0.15, 0.2) is 6.61 Å². The van der Waals surface area contributed by atoms with E-state index in [0.717, 1.165) is 17.4 Å². The first kappa shape index (κ1) is 20.6. The maximum Gasteiger partial charge on any atom is 0.336 e. The van der Waals surface area contributed by atoms with E-state index in [0.29, 0.717) is 17.9 Å². The Hall–Kier alpha value is -3.12. The average molecular weight is 394 g/mol. The second kappa shape index (κ2) is 9.39. The quantitative estimate of drug-likeness (QED) is 0.594. The van der Waals surface area contributed by atoms with E-state index in [2.05, 4.69) is 41.4 Å². The molecule has 1 atom stereocenters. The smallest absolute Gasteiger partial charge is 0.336 e. The summed E-state index contributed by atoms with van der Waals surface area (Å²) in [6.07, 6.45) is 0.999. The molecule has 1 aromatic heterocycles. The lowest BCUT2D eigenvalue weighted by Crippen LogP contribution is -2.36. The highest BCUT2D eigenvalue weighted by molar-refractivity contribution is 5.79. The van der Waals surface area contributed by atoms with Gasteiger partial charge < -0.3 is 19.4 Å². The molecule has 0 fully saturated rings. The molecule has 29 heavy (non-hydrogen) atoms. The zero-order valence-corrected chi connectivity index (χ0v) is 17.0. The van der Waals surface area contributed by atoms with Gasteiger partial charge in [0.2, 0.25) is 0 Å². The number of hydrogen-bond acceptors (Lipinski definition) is 5. The molecule has 0 aliphatic heterocycles. The molecule has 0 radical (unpaired) electrons. The Morgan fingerprint density at radius 2 is 1.83 bits per heavy atom. The molecular weight excluding hydrogens is 368 g/mol. The van der Waals surface area contributed by atoms with Crippen LogP contribution in [0.4, 0.5) is 0 Å². The largest absolute Gasteiger partial charge is 0.484 e. The normalized spacial score (nSPS) is 12.1. The fraction of sp³-hybridized carbons (Fsp3) is 0.304. The molecule has 3 rings (SSSR count). The van der Waals surface area contributed by atoms with Gasteiger partial charge in [-0.3, -0.25) is 4.79 Å². The first-order valence-electron chi connectivity index (χ1n) is 9.65. The highest BCUT2D eigenvalue weighted by Crippen LogP contribution is 2.20. The van der Waals surface area contributed by atoms with Crippen molar-refractivity contribution in [1.82, 2.24) is 10.2 Å². The van der Waals surface area contributed by atoms with E-state index in [9.17, 15) is 9.59 Å².